The van der Waals surface area contributed by atoms with E-state index in [1.165, 1.54) is 0 Å². The molecular weight excluding hydrogens is 330 g/mol. The fourth-order valence-electron chi connectivity index (χ4n) is 3.08. The van der Waals surface area contributed by atoms with Gasteiger partial charge < -0.3 is 20.3 Å². The average molecular weight is 353 g/mol. The minimum absolute atomic E-state index is 0.0142. The van der Waals surface area contributed by atoms with Gasteiger partial charge in [-0.15, -0.1) is 0 Å². The van der Waals surface area contributed by atoms with Crippen molar-refractivity contribution in [2.24, 2.45) is 0 Å². The summed E-state index contributed by atoms with van der Waals surface area (Å²) >= 11 is 0. The third-order valence-electron chi connectivity index (χ3n) is 4.47. The van der Waals surface area contributed by atoms with Gasteiger partial charge in [0.1, 0.15) is 5.75 Å². The Morgan fingerprint density at radius 2 is 1.96 bits per heavy atom. The number of amides is 3. The number of carbonyl (C=O) groups excluding carboxylic acids is 2. The van der Waals surface area contributed by atoms with E-state index in [-0.39, 0.29) is 30.4 Å². The first kappa shape index (κ1) is 17.8. The van der Waals surface area contributed by atoms with Crippen molar-refractivity contribution in [2.45, 2.75) is 25.4 Å². The molecule has 0 unspecified atom stereocenters. The number of urea groups is 1. The molecule has 136 valence electrons. The molecule has 1 heterocycles. The van der Waals surface area contributed by atoms with Crippen LogP contribution < -0.4 is 20.3 Å². The van der Waals surface area contributed by atoms with Crippen LogP contribution in [-0.2, 0) is 4.79 Å². The second kappa shape index (κ2) is 7.91. The SMILES string of the molecule is COc1cccc(N2C[C@@H](NC(=O)N[C@H](C)c3ccccc3)CC2=O)c1. The summed E-state index contributed by atoms with van der Waals surface area (Å²) in [5.41, 5.74) is 1.81. The lowest BCUT2D eigenvalue weighted by molar-refractivity contribution is -0.117. The molecule has 26 heavy (non-hydrogen) atoms. The zero-order chi connectivity index (χ0) is 18.5. The van der Waals surface area contributed by atoms with E-state index < -0.39 is 0 Å². The first-order valence-corrected chi connectivity index (χ1v) is 8.63. The molecule has 3 rings (SSSR count). The van der Waals surface area contributed by atoms with Crippen molar-refractivity contribution >= 4 is 17.6 Å². The molecule has 0 bridgehead atoms. The van der Waals surface area contributed by atoms with Gasteiger partial charge in [0, 0.05) is 24.7 Å². The maximum absolute atomic E-state index is 12.3. The van der Waals surface area contributed by atoms with Crippen molar-refractivity contribution in [2.75, 3.05) is 18.6 Å². The van der Waals surface area contributed by atoms with Gasteiger partial charge in [0.25, 0.3) is 0 Å². The first-order chi connectivity index (χ1) is 12.6. The van der Waals surface area contributed by atoms with Crippen molar-refractivity contribution in [3.8, 4) is 5.75 Å². The summed E-state index contributed by atoms with van der Waals surface area (Å²) in [5.74, 6) is 0.681. The molecule has 1 aliphatic heterocycles. The van der Waals surface area contributed by atoms with Crippen LogP contribution in [0.25, 0.3) is 0 Å². The minimum atomic E-state index is -0.272. The van der Waals surface area contributed by atoms with Gasteiger partial charge in [-0.05, 0) is 24.6 Å². The van der Waals surface area contributed by atoms with Gasteiger partial charge in [-0.3, -0.25) is 4.79 Å². The first-order valence-electron chi connectivity index (χ1n) is 8.63. The zero-order valence-corrected chi connectivity index (χ0v) is 14.9. The lowest BCUT2D eigenvalue weighted by atomic mass is 10.1. The molecule has 0 aliphatic carbocycles. The zero-order valence-electron chi connectivity index (χ0n) is 14.9. The van der Waals surface area contributed by atoms with Crippen LogP contribution in [0.2, 0.25) is 0 Å². The van der Waals surface area contributed by atoms with Crippen molar-refractivity contribution < 1.29 is 14.3 Å². The lowest BCUT2D eigenvalue weighted by Crippen LogP contribution is -2.44. The van der Waals surface area contributed by atoms with E-state index in [2.05, 4.69) is 10.6 Å². The van der Waals surface area contributed by atoms with Crippen LogP contribution in [0.3, 0.4) is 0 Å². The number of methoxy groups -OCH3 is 1. The number of nitrogens with zero attached hydrogens (tertiary/aromatic N) is 1. The van der Waals surface area contributed by atoms with Crippen LogP contribution in [0, 0.1) is 0 Å². The molecule has 2 aromatic carbocycles. The third kappa shape index (κ3) is 4.14. The monoisotopic (exact) mass is 353 g/mol. The molecule has 2 atom stereocenters. The maximum atomic E-state index is 12.3. The Balaban J connectivity index is 1.57. The fraction of sp³-hybridized carbons (Fsp3) is 0.300. The van der Waals surface area contributed by atoms with Gasteiger partial charge in [-0.1, -0.05) is 36.4 Å². The second-order valence-corrected chi connectivity index (χ2v) is 6.36. The number of anilines is 1. The van der Waals surface area contributed by atoms with Crippen LogP contribution in [0.4, 0.5) is 10.5 Å². The Bertz CT molecular complexity index is 779. The quantitative estimate of drug-likeness (QED) is 0.868. The Hall–Kier alpha value is -3.02. The van der Waals surface area contributed by atoms with E-state index in [0.717, 1.165) is 11.3 Å². The fourth-order valence-corrected chi connectivity index (χ4v) is 3.08. The summed E-state index contributed by atoms with van der Waals surface area (Å²) in [6.45, 7) is 2.37. The molecule has 6 nitrogen and oxygen atoms in total. The van der Waals surface area contributed by atoms with E-state index in [1.54, 1.807) is 12.0 Å². The van der Waals surface area contributed by atoms with Gasteiger partial charge in [0.15, 0.2) is 0 Å². The Labute approximate surface area is 153 Å². The number of hydrogen-bond acceptors (Lipinski definition) is 3. The number of hydrogen-bond donors (Lipinski definition) is 2. The molecule has 1 aliphatic rings. The summed E-state index contributed by atoms with van der Waals surface area (Å²) in [5, 5.41) is 5.81. The Kier molecular flexibility index (Phi) is 5.41. The number of carbonyl (C=O) groups is 2. The van der Waals surface area contributed by atoms with Gasteiger partial charge >= 0.3 is 6.03 Å². The summed E-state index contributed by atoms with van der Waals surface area (Å²) in [7, 11) is 1.59. The average Bonchev–Trinajstić information content (AvgIpc) is 3.02. The van der Waals surface area contributed by atoms with E-state index >= 15 is 0 Å². The van der Waals surface area contributed by atoms with Crippen LogP contribution in [0.5, 0.6) is 5.75 Å². The highest BCUT2D eigenvalue weighted by molar-refractivity contribution is 5.97. The van der Waals surface area contributed by atoms with Crippen molar-refractivity contribution in [3.63, 3.8) is 0 Å². The Morgan fingerprint density at radius 3 is 2.69 bits per heavy atom. The number of nitrogens with one attached hydrogen (secondary N) is 2. The molecule has 0 radical (unpaired) electrons. The van der Waals surface area contributed by atoms with Gasteiger partial charge in [0.05, 0.1) is 19.2 Å². The molecule has 0 aromatic heterocycles. The topological polar surface area (TPSA) is 70.7 Å². The van der Waals surface area contributed by atoms with Crippen LogP contribution >= 0.6 is 0 Å². The van der Waals surface area contributed by atoms with Gasteiger partial charge in [-0.2, -0.15) is 0 Å². The van der Waals surface area contributed by atoms with E-state index in [1.807, 2.05) is 61.5 Å². The normalized spacial score (nSPS) is 17.7. The highest BCUT2D eigenvalue weighted by Gasteiger charge is 2.32. The van der Waals surface area contributed by atoms with Gasteiger partial charge in [-0.25, -0.2) is 4.79 Å². The van der Waals surface area contributed by atoms with E-state index in [0.29, 0.717) is 12.3 Å². The van der Waals surface area contributed by atoms with Crippen LogP contribution in [-0.4, -0.2) is 31.6 Å². The van der Waals surface area contributed by atoms with Crippen LogP contribution in [0.1, 0.15) is 24.9 Å². The minimum Gasteiger partial charge on any atom is -0.497 e. The predicted molar refractivity (Wildman–Crippen MR) is 100 cm³/mol. The molecule has 3 amide bonds. The molecule has 0 spiro atoms. The highest BCUT2D eigenvalue weighted by Crippen LogP contribution is 2.25. The van der Waals surface area contributed by atoms with Crippen molar-refractivity contribution in [1.29, 1.82) is 0 Å². The second-order valence-electron chi connectivity index (χ2n) is 6.36. The Morgan fingerprint density at radius 1 is 1.19 bits per heavy atom. The predicted octanol–water partition coefficient (Wildman–Crippen LogP) is 2.86. The summed E-state index contributed by atoms with van der Waals surface area (Å²) < 4.78 is 5.21. The smallest absolute Gasteiger partial charge is 0.315 e. The maximum Gasteiger partial charge on any atom is 0.315 e. The van der Waals surface area contributed by atoms with E-state index in [4.69, 9.17) is 4.74 Å². The molecule has 2 aromatic rings. The van der Waals surface area contributed by atoms with Crippen LogP contribution in [0.15, 0.2) is 54.6 Å². The molecular formula is C20H23N3O3. The lowest BCUT2D eigenvalue weighted by Gasteiger charge is -2.19. The molecule has 0 saturated carbocycles. The molecule has 1 saturated heterocycles. The summed E-state index contributed by atoms with van der Waals surface area (Å²) in [6.07, 6.45) is 0.282. The number of ether oxygens (including phenoxy) is 1. The highest BCUT2D eigenvalue weighted by atomic mass is 16.5. The largest absolute Gasteiger partial charge is 0.497 e. The molecule has 1 fully saturated rings. The van der Waals surface area contributed by atoms with Crippen molar-refractivity contribution in [3.05, 3.63) is 60.2 Å². The van der Waals surface area contributed by atoms with E-state index in [9.17, 15) is 9.59 Å². The summed E-state index contributed by atoms with van der Waals surface area (Å²) in [6, 6.07) is 16.5. The summed E-state index contributed by atoms with van der Waals surface area (Å²) in [4.78, 5) is 26.3. The van der Waals surface area contributed by atoms with Crippen molar-refractivity contribution in [1.82, 2.24) is 10.6 Å². The standard InChI is InChI=1S/C20H23N3O3/c1-14(15-7-4-3-5-8-15)21-20(25)22-16-11-19(24)23(13-16)17-9-6-10-18(12-17)26-2/h3-10,12,14,16H,11,13H2,1-2H3,(H2,21,22,25)/t14-,16+/m1/s1. The van der Waals surface area contributed by atoms with Gasteiger partial charge in [0.2, 0.25) is 5.91 Å². The number of benzene rings is 2. The third-order valence-corrected chi connectivity index (χ3v) is 4.47. The number of rotatable bonds is 5. The molecule has 6 heteroatoms. The molecule has 2 N–H and O–H groups in total.